The van der Waals surface area contributed by atoms with Gasteiger partial charge in [-0.1, -0.05) is 0 Å². The third-order valence-electron chi connectivity index (χ3n) is 3.54. The first-order valence-electron chi connectivity index (χ1n) is 7.94. The van der Waals surface area contributed by atoms with Crippen molar-refractivity contribution in [1.82, 2.24) is 0 Å². The minimum atomic E-state index is -2.38. The van der Waals surface area contributed by atoms with E-state index in [9.17, 15) is 29.4 Å². The van der Waals surface area contributed by atoms with E-state index >= 15 is 0 Å². The summed E-state index contributed by atoms with van der Waals surface area (Å²) < 4.78 is 0. The molecule has 0 unspecified atom stereocenters. The molecule has 0 saturated carbocycles. The second kappa shape index (κ2) is 17.4. The maximum atomic E-state index is 9.74. The van der Waals surface area contributed by atoms with Gasteiger partial charge in [-0.15, -0.1) is 0 Å². The van der Waals surface area contributed by atoms with Crippen LogP contribution < -0.4 is 20.0 Å². The fraction of sp³-hybridized carbons (Fsp3) is 0.714. The molecule has 16 nitrogen and oxygen atoms in total. The third-order valence-corrected chi connectivity index (χ3v) is 3.54. The summed E-state index contributed by atoms with van der Waals surface area (Å²) in [5.74, 6) is -7.65. The molecule has 12 N–H and O–H groups in total. The highest BCUT2D eigenvalue weighted by Gasteiger charge is 2.24. The zero-order valence-corrected chi connectivity index (χ0v) is 16.3. The van der Waals surface area contributed by atoms with Crippen molar-refractivity contribution in [2.24, 2.45) is 0 Å². The molecule has 0 bridgehead atoms. The molecule has 180 valence electrons. The Morgan fingerprint density at radius 2 is 0.833 bits per heavy atom. The van der Waals surface area contributed by atoms with Crippen LogP contribution in [0.1, 0.15) is 0 Å². The van der Waals surface area contributed by atoms with E-state index < -0.39 is 48.3 Å². The van der Waals surface area contributed by atoms with Crippen LogP contribution in [-0.4, -0.2) is 130 Å². The molecule has 0 aromatic rings. The molecule has 1 fully saturated rings. The summed E-state index contributed by atoms with van der Waals surface area (Å²) in [5, 5.41) is 68.3. The standard InChI is InChI=1S/C6H14N2.2C4H6O6.2H2O/c1-7-3-5-8(2)6-4-7;2*5-1(3(7)8)2(6)4(9)10;;/h3-6H2,1-2H3;2*1-2,5-6H,(H,7,8)(H,9,10);2*1H2/t;2*1-,2-;;/m.10../s1. The van der Waals surface area contributed by atoms with Crippen LogP contribution in [0.4, 0.5) is 0 Å². The molecule has 1 heterocycles. The summed E-state index contributed by atoms with van der Waals surface area (Å²) in [5.41, 5.74) is 0. The number of quaternary nitrogens is 2. The Hall–Kier alpha value is -2.44. The van der Waals surface area contributed by atoms with Gasteiger partial charge in [0.2, 0.25) is 0 Å². The molecule has 0 aliphatic carbocycles. The van der Waals surface area contributed by atoms with Gasteiger partial charge in [-0.25, -0.2) is 9.59 Å². The highest BCUT2D eigenvalue weighted by molar-refractivity contribution is 5.82. The zero-order chi connectivity index (χ0) is 22.6. The van der Waals surface area contributed by atoms with Crippen molar-refractivity contribution in [1.29, 1.82) is 0 Å². The summed E-state index contributed by atoms with van der Waals surface area (Å²) in [6.45, 7) is 5.41. The Morgan fingerprint density at radius 3 is 0.933 bits per heavy atom. The van der Waals surface area contributed by atoms with Crippen molar-refractivity contribution >= 4 is 23.9 Å². The van der Waals surface area contributed by atoms with Crippen molar-refractivity contribution in [3.63, 3.8) is 0 Å². The van der Waals surface area contributed by atoms with Crippen LogP contribution in [0.5, 0.6) is 0 Å². The number of likely N-dealkylation sites (N-methyl/N-ethyl adjacent to an activating group) is 2. The molecule has 0 aromatic heterocycles. The quantitative estimate of drug-likeness (QED) is 0.187. The minimum Gasteiger partial charge on any atom is -0.547 e. The number of nitrogens with one attached hydrogen (secondary N) is 2. The zero-order valence-electron chi connectivity index (χ0n) is 16.3. The lowest BCUT2D eigenvalue weighted by Gasteiger charge is -2.23. The van der Waals surface area contributed by atoms with E-state index in [1.165, 1.54) is 26.2 Å². The number of aliphatic carboxylic acids is 4. The van der Waals surface area contributed by atoms with Crippen LogP contribution in [0.15, 0.2) is 0 Å². The molecule has 30 heavy (non-hydrogen) atoms. The summed E-state index contributed by atoms with van der Waals surface area (Å²) >= 11 is 0. The maximum Gasteiger partial charge on any atom is 0.335 e. The number of aliphatic hydroxyl groups is 4. The largest absolute Gasteiger partial charge is 0.547 e. The number of rotatable bonds is 6. The van der Waals surface area contributed by atoms with Crippen molar-refractivity contribution in [3.8, 4) is 0 Å². The summed E-state index contributed by atoms with van der Waals surface area (Å²) in [4.78, 5) is 42.2. The molecule has 0 amide bonds. The van der Waals surface area contributed by atoms with E-state index in [0.29, 0.717) is 0 Å². The second-order valence-electron chi connectivity index (χ2n) is 6.01. The van der Waals surface area contributed by atoms with Gasteiger partial charge >= 0.3 is 11.9 Å². The second-order valence-corrected chi connectivity index (χ2v) is 6.01. The Morgan fingerprint density at radius 1 is 0.633 bits per heavy atom. The van der Waals surface area contributed by atoms with Crippen molar-refractivity contribution in [3.05, 3.63) is 0 Å². The van der Waals surface area contributed by atoms with Crippen LogP contribution in [0, 0.1) is 0 Å². The number of hydrogen-bond acceptors (Lipinski definition) is 10. The lowest BCUT2D eigenvalue weighted by Crippen LogP contribution is -3.25. The lowest BCUT2D eigenvalue weighted by atomic mass is 10.2. The third kappa shape index (κ3) is 15.5. The SMILES string of the molecule is C[NH+]1CC[NH+](C)CC1.O.O.O=C([O-])[C@@H](O)[C@H](O)C(=O)O.O=C([O-])[C@H](O)[C@@H](O)C(=O)O. The molecule has 16 heteroatoms. The summed E-state index contributed by atoms with van der Waals surface area (Å²) in [6, 6.07) is 0. The molecule has 0 aromatic carbocycles. The number of carboxylic acid groups (broad SMARTS) is 4. The highest BCUT2D eigenvalue weighted by Crippen LogP contribution is 1.91. The first kappa shape index (κ1) is 35.0. The van der Waals surface area contributed by atoms with Crippen LogP contribution in [0.2, 0.25) is 0 Å². The van der Waals surface area contributed by atoms with Gasteiger partial charge in [-0.05, 0) is 0 Å². The van der Waals surface area contributed by atoms with Gasteiger partial charge in [-0.3, -0.25) is 0 Å². The molecular weight excluding hydrogens is 420 g/mol. The molecule has 1 aliphatic heterocycles. The van der Waals surface area contributed by atoms with Gasteiger partial charge in [0.05, 0.1) is 26.0 Å². The predicted molar refractivity (Wildman–Crippen MR) is 89.8 cm³/mol. The van der Waals surface area contributed by atoms with E-state index in [0.717, 1.165) is 0 Å². The monoisotopic (exact) mass is 450 g/mol. The van der Waals surface area contributed by atoms with Crippen molar-refractivity contribution < 1.29 is 80.8 Å². The number of aliphatic hydroxyl groups excluding tert-OH is 4. The lowest BCUT2D eigenvalue weighted by molar-refractivity contribution is -0.994. The average molecular weight is 450 g/mol. The molecule has 4 atom stereocenters. The molecular formula is C14H30N2O14. The number of carbonyl (C=O) groups is 4. The van der Waals surface area contributed by atoms with Gasteiger partial charge in [-0.2, -0.15) is 0 Å². The van der Waals surface area contributed by atoms with E-state index in [-0.39, 0.29) is 11.0 Å². The van der Waals surface area contributed by atoms with Gasteiger partial charge in [0.1, 0.15) is 38.4 Å². The predicted octanol–water partition coefficient (Wildman–Crippen LogP) is -11.5. The first-order chi connectivity index (χ1) is 12.7. The summed E-state index contributed by atoms with van der Waals surface area (Å²) in [7, 11) is 4.54. The van der Waals surface area contributed by atoms with E-state index in [4.69, 9.17) is 30.6 Å². The van der Waals surface area contributed by atoms with Crippen molar-refractivity contribution in [2.45, 2.75) is 24.4 Å². The van der Waals surface area contributed by atoms with Gasteiger partial charge < -0.3 is 71.2 Å². The van der Waals surface area contributed by atoms with Crippen molar-refractivity contribution in [2.75, 3.05) is 40.3 Å². The number of hydrogen-bond donors (Lipinski definition) is 8. The number of carboxylic acids is 4. The maximum absolute atomic E-state index is 9.74. The number of piperazine rings is 1. The highest BCUT2D eigenvalue weighted by atomic mass is 16.4. The molecule has 0 radical (unpaired) electrons. The molecule has 1 saturated heterocycles. The molecule has 1 rings (SSSR count). The molecule has 1 aliphatic rings. The van der Waals surface area contributed by atoms with Gasteiger partial charge in [0.25, 0.3) is 0 Å². The average Bonchev–Trinajstić information content (AvgIpc) is 2.62. The first-order valence-corrected chi connectivity index (χ1v) is 7.94. The Bertz CT molecular complexity index is 441. The van der Waals surface area contributed by atoms with E-state index in [2.05, 4.69) is 14.1 Å². The Balaban J connectivity index is -0.000000164. The fourth-order valence-electron chi connectivity index (χ4n) is 1.63. The Kier molecular flexibility index (Phi) is 20.3. The normalized spacial score (nSPS) is 21.1. The van der Waals surface area contributed by atoms with E-state index in [1.54, 1.807) is 9.80 Å². The van der Waals surface area contributed by atoms with Gasteiger partial charge in [0.15, 0.2) is 12.2 Å². The minimum absolute atomic E-state index is 0. The smallest absolute Gasteiger partial charge is 0.335 e. The number of carbonyl (C=O) groups excluding carboxylic acids is 2. The van der Waals surface area contributed by atoms with Gasteiger partial charge in [0, 0.05) is 0 Å². The molecule has 0 spiro atoms. The fourth-order valence-corrected chi connectivity index (χ4v) is 1.63. The topological polar surface area (TPSA) is 308 Å². The van der Waals surface area contributed by atoms with Crippen LogP contribution in [-0.2, 0) is 19.2 Å². The van der Waals surface area contributed by atoms with E-state index in [1.807, 2.05) is 0 Å². The van der Waals surface area contributed by atoms with Crippen LogP contribution >= 0.6 is 0 Å². The van der Waals surface area contributed by atoms with Crippen LogP contribution in [0.3, 0.4) is 0 Å². The Labute approximate surface area is 170 Å². The summed E-state index contributed by atoms with van der Waals surface area (Å²) in [6.07, 6.45) is -9.41. The van der Waals surface area contributed by atoms with Crippen LogP contribution in [0.25, 0.3) is 0 Å².